The van der Waals surface area contributed by atoms with Gasteiger partial charge in [-0.3, -0.25) is 5.10 Å². The van der Waals surface area contributed by atoms with E-state index in [1.807, 2.05) is 0 Å². The van der Waals surface area contributed by atoms with Crippen molar-refractivity contribution in [1.29, 1.82) is 0 Å². The van der Waals surface area contributed by atoms with Gasteiger partial charge in [0.05, 0.1) is 11.4 Å². The summed E-state index contributed by atoms with van der Waals surface area (Å²) in [5, 5.41) is 12.4. The smallest absolute Gasteiger partial charge is 0.267 e. The van der Waals surface area contributed by atoms with Crippen LogP contribution in [0.3, 0.4) is 0 Å². The quantitative estimate of drug-likeness (QED) is 0.697. The Morgan fingerprint density at radius 3 is 2.56 bits per heavy atom. The molecule has 0 atom stereocenters. The topological polar surface area (TPSA) is 116 Å². The molecular weight excluding hydrogens is 232 g/mol. The summed E-state index contributed by atoms with van der Waals surface area (Å²) in [6, 6.07) is 0. The van der Waals surface area contributed by atoms with Crippen LogP contribution in [0.1, 0.15) is 11.4 Å². The largest absolute Gasteiger partial charge is 0.281 e. The molecule has 0 unspecified atom stereocenters. The van der Waals surface area contributed by atoms with Crippen molar-refractivity contribution < 1.29 is 8.42 Å². The van der Waals surface area contributed by atoms with Gasteiger partial charge in [0.15, 0.2) is 0 Å². The molecule has 0 radical (unpaired) electrons. The Morgan fingerprint density at radius 2 is 2.06 bits per heavy atom. The van der Waals surface area contributed by atoms with Crippen molar-refractivity contribution in [3.8, 4) is 0 Å². The van der Waals surface area contributed by atoms with E-state index in [1.165, 1.54) is 6.33 Å². The highest BCUT2D eigenvalue weighted by Gasteiger charge is 2.22. The van der Waals surface area contributed by atoms with Crippen molar-refractivity contribution in [2.45, 2.75) is 18.7 Å². The normalized spacial score (nSPS) is 11.6. The second-order valence-corrected chi connectivity index (χ2v) is 4.82. The summed E-state index contributed by atoms with van der Waals surface area (Å²) in [6.07, 6.45) is 1.22. The summed E-state index contributed by atoms with van der Waals surface area (Å²) in [5.41, 5.74) is 0.883. The first-order chi connectivity index (χ1) is 7.50. The Kier molecular flexibility index (Phi) is 2.38. The third-order valence-electron chi connectivity index (χ3n) is 1.98. The van der Waals surface area contributed by atoms with Gasteiger partial charge >= 0.3 is 0 Å². The van der Waals surface area contributed by atoms with Gasteiger partial charge in [-0.1, -0.05) is 0 Å². The molecule has 9 heteroatoms. The molecule has 2 rings (SSSR count). The molecule has 8 nitrogen and oxygen atoms in total. The molecule has 2 heterocycles. The number of nitrogens with zero attached hydrogens (tertiary/aromatic N) is 3. The molecule has 2 aromatic heterocycles. The lowest BCUT2D eigenvalue weighted by Gasteiger charge is -2.04. The van der Waals surface area contributed by atoms with Crippen LogP contribution in [0, 0.1) is 13.8 Å². The second-order valence-electron chi connectivity index (χ2n) is 3.20. The van der Waals surface area contributed by atoms with Crippen LogP contribution in [0.25, 0.3) is 0 Å². The summed E-state index contributed by atoms with van der Waals surface area (Å²) in [7, 11) is -3.68. The van der Waals surface area contributed by atoms with Gasteiger partial charge in [0.1, 0.15) is 11.2 Å². The van der Waals surface area contributed by atoms with E-state index >= 15 is 0 Å². The fraction of sp³-hybridized carbons (Fsp3) is 0.286. The minimum Gasteiger partial charge on any atom is -0.281 e. The lowest BCUT2D eigenvalue weighted by molar-refractivity contribution is 0.599. The van der Waals surface area contributed by atoms with Gasteiger partial charge in [0, 0.05) is 0 Å². The summed E-state index contributed by atoms with van der Waals surface area (Å²) < 4.78 is 26.2. The van der Waals surface area contributed by atoms with E-state index in [9.17, 15) is 8.42 Å². The van der Waals surface area contributed by atoms with E-state index in [0.29, 0.717) is 11.4 Å². The predicted octanol–water partition coefficient (Wildman–Crippen LogP) is -0.0546. The minimum atomic E-state index is -3.68. The van der Waals surface area contributed by atoms with Gasteiger partial charge in [0.2, 0.25) is 5.95 Å². The van der Waals surface area contributed by atoms with Crippen molar-refractivity contribution in [2.75, 3.05) is 4.72 Å². The van der Waals surface area contributed by atoms with Gasteiger partial charge in [0.25, 0.3) is 10.0 Å². The van der Waals surface area contributed by atoms with Gasteiger partial charge < -0.3 is 0 Å². The Morgan fingerprint density at radius 1 is 1.31 bits per heavy atom. The zero-order chi connectivity index (χ0) is 11.8. The van der Waals surface area contributed by atoms with Crippen LogP contribution in [0.5, 0.6) is 0 Å². The van der Waals surface area contributed by atoms with Crippen molar-refractivity contribution in [2.24, 2.45) is 0 Å². The number of aryl methyl sites for hydroxylation is 2. The summed E-state index contributed by atoms with van der Waals surface area (Å²) in [5.74, 6) is 0.0694. The average Bonchev–Trinajstić information content (AvgIpc) is 2.76. The van der Waals surface area contributed by atoms with Crippen LogP contribution in [-0.4, -0.2) is 33.8 Å². The molecule has 0 spiro atoms. The molecule has 0 aliphatic carbocycles. The number of sulfonamides is 1. The van der Waals surface area contributed by atoms with E-state index in [2.05, 4.69) is 30.1 Å². The first kappa shape index (κ1) is 10.6. The van der Waals surface area contributed by atoms with Gasteiger partial charge in [-0.25, -0.2) is 18.2 Å². The number of rotatable bonds is 3. The third-order valence-corrected chi connectivity index (χ3v) is 3.58. The van der Waals surface area contributed by atoms with Gasteiger partial charge in [-0.2, -0.15) is 15.2 Å². The number of hydrogen-bond donors (Lipinski definition) is 3. The molecule has 0 amide bonds. The first-order valence-electron chi connectivity index (χ1n) is 4.40. The van der Waals surface area contributed by atoms with Crippen molar-refractivity contribution in [3.63, 3.8) is 0 Å². The van der Waals surface area contributed by atoms with Crippen LogP contribution in [0.2, 0.25) is 0 Å². The lowest BCUT2D eigenvalue weighted by atomic mass is 10.4. The van der Waals surface area contributed by atoms with Gasteiger partial charge in [-0.15, -0.1) is 0 Å². The van der Waals surface area contributed by atoms with Crippen molar-refractivity contribution in [3.05, 3.63) is 17.7 Å². The fourth-order valence-electron chi connectivity index (χ4n) is 1.37. The number of aromatic amines is 2. The van der Waals surface area contributed by atoms with Crippen molar-refractivity contribution >= 4 is 16.0 Å². The maximum atomic E-state index is 11.9. The average molecular weight is 242 g/mol. The molecule has 2 aromatic rings. The second kappa shape index (κ2) is 3.59. The SMILES string of the molecule is Cc1n[nH]c(C)c1S(=O)(=O)Nc1ncn[nH]1. The number of hydrogen-bond acceptors (Lipinski definition) is 5. The highest BCUT2D eigenvalue weighted by Crippen LogP contribution is 2.18. The van der Waals surface area contributed by atoms with E-state index in [1.54, 1.807) is 13.8 Å². The van der Waals surface area contributed by atoms with E-state index in [-0.39, 0.29) is 10.8 Å². The molecule has 0 bridgehead atoms. The zero-order valence-electron chi connectivity index (χ0n) is 8.64. The Hall–Kier alpha value is -1.90. The van der Waals surface area contributed by atoms with E-state index in [0.717, 1.165) is 0 Å². The summed E-state index contributed by atoms with van der Waals surface area (Å²) in [4.78, 5) is 3.81. The molecule has 0 aliphatic rings. The number of aromatic nitrogens is 5. The molecule has 0 fully saturated rings. The van der Waals surface area contributed by atoms with E-state index in [4.69, 9.17) is 0 Å². The maximum Gasteiger partial charge on any atom is 0.267 e. The minimum absolute atomic E-state index is 0.0694. The monoisotopic (exact) mass is 242 g/mol. The molecule has 0 saturated carbocycles. The van der Waals surface area contributed by atoms with Gasteiger partial charge in [-0.05, 0) is 13.8 Å². The Balaban J connectivity index is 2.40. The van der Waals surface area contributed by atoms with Crippen LogP contribution in [0.4, 0.5) is 5.95 Å². The highest BCUT2D eigenvalue weighted by atomic mass is 32.2. The highest BCUT2D eigenvalue weighted by molar-refractivity contribution is 7.92. The standard InChI is InChI=1S/C7H10N6O2S/c1-4-6(5(2)11-10-4)16(14,15)13-7-8-3-9-12-7/h3H,1-2H3,(H,10,11)(H2,8,9,12,13). The molecule has 86 valence electrons. The summed E-state index contributed by atoms with van der Waals surface area (Å²) in [6.45, 7) is 3.24. The van der Waals surface area contributed by atoms with Crippen LogP contribution >= 0.6 is 0 Å². The Labute approximate surface area is 91.5 Å². The predicted molar refractivity (Wildman–Crippen MR) is 55.3 cm³/mol. The molecule has 3 N–H and O–H groups in total. The number of H-pyrrole nitrogens is 2. The molecule has 0 saturated heterocycles. The first-order valence-corrected chi connectivity index (χ1v) is 5.89. The third kappa shape index (κ3) is 1.76. The molecule has 0 aromatic carbocycles. The maximum absolute atomic E-state index is 11.9. The van der Waals surface area contributed by atoms with Crippen LogP contribution in [0.15, 0.2) is 11.2 Å². The number of nitrogens with one attached hydrogen (secondary N) is 3. The van der Waals surface area contributed by atoms with Crippen LogP contribution in [-0.2, 0) is 10.0 Å². The lowest BCUT2D eigenvalue weighted by Crippen LogP contribution is -2.15. The molecule has 0 aliphatic heterocycles. The van der Waals surface area contributed by atoms with E-state index < -0.39 is 10.0 Å². The molecular formula is C7H10N6O2S. The molecule has 16 heavy (non-hydrogen) atoms. The van der Waals surface area contributed by atoms with Crippen LogP contribution < -0.4 is 4.72 Å². The number of anilines is 1. The van der Waals surface area contributed by atoms with Crippen molar-refractivity contribution in [1.82, 2.24) is 25.4 Å². The fourth-order valence-corrected chi connectivity index (χ4v) is 2.71. The Bertz CT molecular complexity index is 565. The summed E-state index contributed by atoms with van der Waals surface area (Å²) >= 11 is 0. The zero-order valence-corrected chi connectivity index (χ0v) is 9.46.